The molecule has 0 spiro atoms. The van der Waals surface area contributed by atoms with E-state index in [0.29, 0.717) is 12.5 Å². The van der Waals surface area contributed by atoms with Gasteiger partial charge in [-0.3, -0.25) is 14.8 Å². The SMILES string of the molecule is COc1cccc([C@@H]2CNC[C@H]2c2cc(=O)[nH]c(NCCCc3ccccn3)n2)c1.Cl. The maximum Gasteiger partial charge on any atom is 0.252 e. The first-order valence-corrected chi connectivity index (χ1v) is 10.3. The largest absolute Gasteiger partial charge is 0.497 e. The zero-order chi connectivity index (χ0) is 20.8. The lowest BCUT2D eigenvalue weighted by Gasteiger charge is -2.19. The fraction of sp³-hybridized carbons (Fsp3) is 0.348. The summed E-state index contributed by atoms with van der Waals surface area (Å²) < 4.78 is 5.37. The minimum Gasteiger partial charge on any atom is -0.497 e. The molecule has 1 aliphatic rings. The van der Waals surface area contributed by atoms with Crippen molar-refractivity contribution < 1.29 is 4.74 Å². The standard InChI is InChI=1S/C23H27N5O2.ClH/c1-30-18-9-4-6-16(12-18)19-14-24-15-20(19)21-13-22(29)28-23(27-21)26-11-5-8-17-7-2-3-10-25-17;/h2-4,6-7,9-10,12-13,19-20,24H,5,8,11,14-15H2,1H3,(H2,26,27,28,29);1H/t19-,20+;/m0./s1. The van der Waals surface area contributed by atoms with Gasteiger partial charge >= 0.3 is 0 Å². The Kier molecular flexibility index (Phi) is 8.03. The van der Waals surface area contributed by atoms with E-state index in [2.05, 4.69) is 32.7 Å². The molecule has 2 aromatic heterocycles. The van der Waals surface area contributed by atoms with Crippen LogP contribution in [0.4, 0.5) is 5.95 Å². The summed E-state index contributed by atoms with van der Waals surface area (Å²) in [5, 5.41) is 6.70. The summed E-state index contributed by atoms with van der Waals surface area (Å²) in [6, 6.07) is 15.7. The maximum atomic E-state index is 12.3. The number of H-pyrrole nitrogens is 1. The van der Waals surface area contributed by atoms with Crippen LogP contribution in [0.2, 0.25) is 0 Å². The third-order valence-electron chi connectivity index (χ3n) is 5.51. The number of nitrogens with zero attached hydrogens (tertiary/aromatic N) is 2. The lowest BCUT2D eigenvalue weighted by atomic mass is 9.86. The zero-order valence-electron chi connectivity index (χ0n) is 17.5. The number of hydrogen-bond acceptors (Lipinski definition) is 6. The van der Waals surface area contributed by atoms with Crippen molar-refractivity contribution >= 4 is 18.4 Å². The van der Waals surface area contributed by atoms with E-state index >= 15 is 0 Å². The Balaban J connectivity index is 0.00000272. The van der Waals surface area contributed by atoms with E-state index in [1.54, 1.807) is 19.4 Å². The summed E-state index contributed by atoms with van der Waals surface area (Å²) in [7, 11) is 1.67. The second kappa shape index (κ2) is 10.9. The average molecular weight is 442 g/mol. The fourth-order valence-electron chi connectivity index (χ4n) is 3.98. The molecule has 7 nitrogen and oxygen atoms in total. The molecular formula is C23H28ClN5O2. The second-order valence-electron chi connectivity index (χ2n) is 7.52. The highest BCUT2D eigenvalue weighted by Gasteiger charge is 2.31. The fourth-order valence-corrected chi connectivity index (χ4v) is 3.98. The molecule has 8 heteroatoms. The Morgan fingerprint density at radius 2 is 2.00 bits per heavy atom. The quantitative estimate of drug-likeness (QED) is 0.465. The van der Waals surface area contributed by atoms with E-state index in [1.807, 2.05) is 30.3 Å². The molecule has 3 heterocycles. The monoisotopic (exact) mass is 441 g/mol. The van der Waals surface area contributed by atoms with Crippen molar-refractivity contribution in [3.63, 3.8) is 0 Å². The third-order valence-corrected chi connectivity index (χ3v) is 5.51. The molecule has 164 valence electrons. The van der Waals surface area contributed by atoms with E-state index in [9.17, 15) is 4.79 Å². The first-order valence-electron chi connectivity index (χ1n) is 10.3. The predicted octanol–water partition coefficient (Wildman–Crippen LogP) is 3.11. The Hall–Kier alpha value is -2.90. The van der Waals surface area contributed by atoms with Crippen LogP contribution in [0.5, 0.6) is 5.75 Å². The summed E-state index contributed by atoms with van der Waals surface area (Å²) in [5.41, 5.74) is 2.93. The summed E-state index contributed by atoms with van der Waals surface area (Å²) >= 11 is 0. The highest BCUT2D eigenvalue weighted by Crippen LogP contribution is 2.36. The van der Waals surface area contributed by atoms with Crippen LogP contribution in [0.1, 0.15) is 35.2 Å². The number of aryl methyl sites for hydroxylation is 1. The number of anilines is 1. The number of rotatable bonds is 8. The van der Waals surface area contributed by atoms with Crippen molar-refractivity contribution in [1.82, 2.24) is 20.3 Å². The smallest absolute Gasteiger partial charge is 0.252 e. The van der Waals surface area contributed by atoms with Gasteiger partial charge in [0.25, 0.3) is 5.56 Å². The van der Waals surface area contributed by atoms with E-state index in [4.69, 9.17) is 9.72 Å². The van der Waals surface area contributed by atoms with Crippen LogP contribution in [0.25, 0.3) is 0 Å². The van der Waals surface area contributed by atoms with Crippen LogP contribution in [0, 0.1) is 0 Å². The molecule has 2 atom stereocenters. The van der Waals surface area contributed by atoms with Crippen molar-refractivity contribution in [2.45, 2.75) is 24.7 Å². The van der Waals surface area contributed by atoms with Crippen molar-refractivity contribution in [2.24, 2.45) is 0 Å². The van der Waals surface area contributed by atoms with Gasteiger partial charge in [0.2, 0.25) is 5.95 Å². The molecule has 1 fully saturated rings. The second-order valence-corrected chi connectivity index (χ2v) is 7.52. The highest BCUT2D eigenvalue weighted by molar-refractivity contribution is 5.85. The Bertz CT molecular complexity index is 1030. The van der Waals surface area contributed by atoms with E-state index in [1.165, 1.54) is 5.56 Å². The van der Waals surface area contributed by atoms with Gasteiger partial charge in [-0.1, -0.05) is 18.2 Å². The molecule has 31 heavy (non-hydrogen) atoms. The van der Waals surface area contributed by atoms with E-state index in [-0.39, 0.29) is 29.8 Å². The van der Waals surface area contributed by atoms with Gasteiger partial charge in [0.1, 0.15) is 5.75 Å². The topological polar surface area (TPSA) is 91.9 Å². The molecule has 0 amide bonds. The predicted molar refractivity (Wildman–Crippen MR) is 124 cm³/mol. The number of nitrogens with one attached hydrogen (secondary N) is 3. The summed E-state index contributed by atoms with van der Waals surface area (Å²) in [6.45, 7) is 2.35. The molecule has 1 saturated heterocycles. The minimum absolute atomic E-state index is 0. The van der Waals surface area contributed by atoms with Gasteiger partial charge in [-0.2, -0.15) is 0 Å². The van der Waals surface area contributed by atoms with Gasteiger partial charge in [-0.15, -0.1) is 12.4 Å². The summed E-state index contributed by atoms with van der Waals surface area (Å²) in [6.07, 6.45) is 3.59. The summed E-state index contributed by atoms with van der Waals surface area (Å²) in [4.78, 5) is 24.1. The van der Waals surface area contributed by atoms with Crippen LogP contribution < -0.4 is 20.9 Å². The van der Waals surface area contributed by atoms with Crippen molar-refractivity contribution in [1.29, 1.82) is 0 Å². The van der Waals surface area contributed by atoms with Crippen molar-refractivity contribution in [2.75, 3.05) is 32.1 Å². The Morgan fingerprint density at radius 1 is 1.13 bits per heavy atom. The molecule has 0 unspecified atom stereocenters. The van der Waals surface area contributed by atoms with Crippen LogP contribution in [-0.2, 0) is 6.42 Å². The first kappa shape index (κ1) is 22.8. The first-order chi connectivity index (χ1) is 14.7. The van der Waals surface area contributed by atoms with Crippen molar-refractivity contribution in [3.05, 3.63) is 82.0 Å². The van der Waals surface area contributed by atoms with Gasteiger partial charge in [-0.05, 0) is 42.7 Å². The number of aromatic nitrogens is 3. The molecule has 0 aliphatic carbocycles. The molecule has 0 radical (unpaired) electrons. The van der Waals surface area contributed by atoms with Gasteiger partial charge in [0, 0.05) is 49.4 Å². The molecular weight excluding hydrogens is 414 g/mol. The molecule has 3 N–H and O–H groups in total. The minimum atomic E-state index is -0.136. The molecule has 3 aromatic rings. The van der Waals surface area contributed by atoms with E-state index in [0.717, 1.165) is 43.1 Å². The molecule has 1 aromatic carbocycles. The number of ether oxygens (including phenoxy) is 1. The number of halogens is 1. The van der Waals surface area contributed by atoms with Gasteiger partial charge < -0.3 is 15.4 Å². The van der Waals surface area contributed by atoms with Crippen LogP contribution in [0.3, 0.4) is 0 Å². The number of pyridine rings is 1. The summed E-state index contributed by atoms with van der Waals surface area (Å²) in [5.74, 6) is 1.74. The molecule has 0 saturated carbocycles. The van der Waals surface area contributed by atoms with Crippen LogP contribution in [0.15, 0.2) is 59.5 Å². The van der Waals surface area contributed by atoms with Crippen LogP contribution in [-0.4, -0.2) is 41.7 Å². The number of aromatic amines is 1. The van der Waals surface area contributed by atoms with Crippen LogP contribution >= 0.6 is 12.4 Å². The molecule has 4 rings (SSSR count). The maximum absolute atomic E-state index is 12.3. The normalized spacial score (nSPS) is 17.7. The lowest BCUT2D eigenvalue weighted by Crippen LogP contribution is -2.19. The Labute approximate surface area is 188 Å². The third kappa shape index (κ3) is 5.83. The van der Waals surface area contributed by atoms with Gasteiger partial charge in [0.05, 0.1) is 12.8 Å². The Morgan fingerprint density at radius 3 is 2.81 bits per heavy atom. The van der Waals surface area contributed by atoms with Gasteiger partial charge in [0.15, 0.2) is 0 Å². The number of benzene rings is 1. The highest BCUT2D eigenvalue weighted by atomic mass is 35.5. The number of hydrogen-bond donors (Lipinski definition) is 3. The number of methoxy groups -OCH3 is 1. The van der Waals surface area contributed by atoms with Crippen molar-refractivity contribution in [3.8, 4) is 5.75 Å². The van der Waals surface area contributed by atoms with Gasteiger partial charge in [-0.25, -0.2) is 4.98 Å². The average Bonchev–Trinajstić information content (AvgIpc) is 3.27. The molecule has 1 aliphatic heterocycles. The van der Waals surface area contributed by atoms with E-state index < -0.39 is 0 Å². The molecule has 0 bridgehead atoms. The zero-order valence-corrected chi connectivity index (χ0v) is 18.3. The lowest BCUT2D eigenvalue weighted by molar-refractivity contribution is 0.413.